The Morgan fingerprint density at radius 3 is 2.33 bits per heavy atom. The lowest BCUT2D eigenvalue weighted by atomic mass is 10.1. The van der Waals surface area contributed by atoms with Gasteiger partial charge >= 0.3 is 0 Å². The van der Waals surface area contributed by atoms with Crippen LogP contribution in [0.5, 0.6) is 0 Å². The fourth-order valence-corrected chi connectivity index (χ4v) is 1.57. The summed E-state index contributed by atoms with van der Waals surface area (Å²) in [6, 6.07) is 13.6. The SMILES string of the molecule is Cc1ccc(-c2ccccc2)c(=O)n1C. The lowest BCUT2D eigenvalue weighted by Crippen LogP contribution is -2.20. The van der Waals surface area contributed by atoms with E-state index >= 15 is 0 Å². The normalized spacial score (nSPS) is 10.3. The van der Waals surface area contributed by atoms with Gasteiger partial charge in [-0.15, -0.1) is 0 Å². The first-order valence-electron chi connectivity index (χ1n) is 4.92. The smallest absolute Gasteiger partial charge is 0.258 e. The molecule has 0 atom stereocenters. The fraction of sp³-hybridized carbons (Fsp3) is 0.154. The van der Waals surface area contributed by atoms with E-state index < -0.39 is 0 Å². The molecule has 0 fully saturated rings. The van der Waals surface area contributed by atoms with Crippen molar-refractivity contribution in [3.63, 3.8) is 0 Å². The molecule has 1 aromatic heterocycles. The summed E-state index contributed by atoms with van der Waals surface area (Å²) in [6.45, 7) is 1.93. The second kappa shape index (κ2) is 3.73. The zero-order valence-electron chi connectivity index (χ0n) is 8.90. The zero-order valence-corrected chi connectivity index (χ0v) is 8.90. The molecule has 0 bridgehead atoms. The van der Waals surface area contributed by atoms with E-state index in [2.05, 4.69) is 0 Å². The van der Waals surface area contributed by atoms with Crippen LogP contribution >= 0.6 is 0 Å². The highest BCUT2D eigenvalue weighted by Gasteiger charge is 2.04. The van der Waals surface area contributed by atoms with Crippen molar-refractivity contribution >= 4 is 0 Å². The number of hydrogen-bond acceptors (Lipinski definition) is 1. The Morgan fingerprint density at radius 1 is 1.00 bits per heavy atom. The molecule has 1 heterocycles. The second-order valence-corrected chi connectivity index (χ2v) is 3.62. The molecule has 0 saturated heterocycles. The second-order valence-electron chi connectivity index (χ2n) is 3.62. The molecule has 15 heavy (non-hydrogen) atoms. The van der Waals surface area contributed by atoms with Crippen molar-refractivity contribution in [2.45, 2.75) is 6.92 Å². The number of hydrogen-bond donors (Lipinski definition) is 0. The average Bonchev–Trinajstić information content (AvgIpc) is 2.27. The van der Waals surface area contributed by atoms with Crippen molar-refractivity contribution in [2.24, 2.45) is 7.05 Å². The number of nitrogens with zero attached hydrogens (tertiary/aromatic N) is 1. The number of rotatable bonds is 1. The molecule has 0 spiro atoms. The monoisotopic (exact) mass is 199 g/mol. The van der Waals surface area contributed by atoms with Crippen LogP contribution in [0.3, 0.4) is 0 Å². The van der Waals surface area contributed by atoms with Crippen LogP contribution in [0.1, 0.15) is 5.69 Å². The Kier molecular flexibility index (Phi) is 2.42. The molecule has 1 aromatic carbocycles. The Bertz CT molecular complexity index is 526. The lowest BCUT2D eigenvalue weighted by Gasteiger charge is -2.06. The van der Waals surface area contributed by atoms with Gasteiger partial charge in [-0.3, -0.25) is 4.79 Å². The van der Waals surface area contributed by atoms with Gasteiger partial charge in [0.05, 0.1) is 0 Å². The maximum Gasteiger partial charge on any atom is 0.258 e. The molecule has 0 saturated carbocycles. The van der Waals surface area contributed by atoms with Crippen LogP contribution < -0.4 is 5.56 Å². The first kappa shape index (κ1) is 9.71. The molecule has 2 aromatic rings. The van der Waals surface area contributed by atoms with Crippen molar-refractivity contribution < 1.29 is 0 Å². The van der Waals surface area contributed by atoms with Crippen molar-refractivity contribution in [1.82, 2.24) is 4.57 Å². The Labute approximate surface area is 88.8 Å². The molecule has 0 amide bonds. The Balaban J connectivity index is 2.66. The zero-order chi connectivity index (χ0) is 10.8. The summed E-state index contributed by atoms with van der Waals surface area (Å²) in [6.07, 6.45) is 0. The van der Waals surface area contributed by atoms with Crippen LogP contribution in [0, 0.1) is 6.92 Å². The molecule has 0 aliphatic heterocycles. The number of pyridine rings is 1. The van der Waals surface area contributed by atoms with Gasteiger partial charge in [-0.05, 0) is 24.6 Å². The maximum absolute atomic E-state index is 12.0. The van der Waals surface area contributed by atoms with Gasteiger partial charge in [-0.1, -0.05) is 30.3 Å². The van der Waals surface area contributed by atoms with Crippen molar-refractivity contribution in [1.29, 1.82) is 0 Å². The molecular weight excluding hydrogens is 186 g/mol. The van der Waals surface area contributed by atoms with Crippen LogP contribution in [-0.2, 0) is 7.05 Å². The van der Waals surface area contributed by atoms with Crippen LogP contribution in [0.2, 0.25) is 0 Å². The minimum Gasteiger partial charge on any atom is -0.315 e. The molecule has 76 valence electrons. The maximum atomic E-state index is 12.0. The van der Waals surface area contributed by atoms with Gasteiger partial charge < -0.3 is 4.57 Å². The molecule has 2 heteroatoms. The number of aromatic nitrogens is 1. The molecule has 2 rings (SSSR count). The molecule has 0 aliphatic rings. The summed E-state index contributed by atoms with van der Waals surface area (Å²) in [7, 11) is 1.80. The van der Waals surface area contributed by atoms with Crippen molar-refractivity contribution in [3.8, 4) is 11.1 Å². The summed E-state index contributed by atoms with van der Waals surface area (Å²) in [4.78, 5) is 12.0. The fourth-order valence-electron chi connectivity index (χ4n) is 1.57. The van der Waals surface area contributed by atoms with E-state index in [9.17, 15) is 4.79 Å². The van der Waals surface area contributed by atoms with E-state index in [1.807, 2.05) is 49.4 Å². The quantitative estimate of drug-likeness (QED) is 0.691. The van der Waals surface area contributed by atoms with Crippen LogP contribution in [0.25, 0.3) is 11.1 Å². The van der Waals surface area contributed by atoms with Crippen LogP contribution in [0.4, 0.5) is 0 Å². The number of benzene rings is 1. The highest BCUT2D eigenvalue weighted by molar-refractivity contribution is 5.62. The Hall–Kier alpha value is -1.83. The van der Waals surface area contributed by atoms with Crippen LogP contribution in [-0.4, -0.2) is 4.57 Å². The third-order valence-corrected chi connectivity index (χ3v) is 2.64. The average molecular weight is 199 g/mol. The summed E-state index contributed by atoms with van der Waals surface area (Å²) < 4.78 is 1.67. The highest BCUT2D eigenvalue weighted by atomic mass is 16.1. The predicted molar refractivity (Wildman–Crippen MR) is 61.9 cm³/mol. The molecule has 2 nitrogen and oxygen atoms in total. The van der Waals surface area contributed by atoms with Gasteiger partial charge in [0.15, 0.2) is 0 Å². The third kappa shape index (κ3) is 1.71. The minimum atomic E-state index is 0.0567. The van der Waals surface area contributed by atoms with Crippen LogP contribution in [0.15, 0.2) is 47.3 Å². The standard InChI is InChI=1S/C13H13NO/c1-10-8-9-12(13(15)14(10)2)11-6-4-3-5-7-11/h3-9H,1-2H3. The van der Waals surface area contributed by atoms with Crippen molar-refractivity contribution in [2.75, 3.05) is 0 Å². The Morgan fingerprint density at radius 2 is 1.67 bits per heavy atom. The van der Waals surface area contributed by atoms with Gasteiger partial charge in [0.1, 0.15) is 0 Å². The van der Waals surface area contributed by atoms with Crippen molar-refractivity contribution in [3.05, 3.63) is 58.5 Å². The highest BCUT2D eigenvalue weighted by Crippen LogP contribution is 2.14. The van der Waals surface area contributed by atoms with Gasteiger partial charge in [0.25, 0.3) is 5.56 Å². The summed E-state index contributed by atoms with van der Waals surface area (Å²) >= 11 is 0. The van der Waals surface area contributed by atoms with Gasteiger partial charge in [-0.25, -0.2) is 0 Å². The molecule has 0 N–H and O–H groups in total. The van der Waals surface area contributed by atoms with E-state index in [1.165, 1.54) is 0 Å². The topological polar surface area (TPSA) is 22.0 Å². The van der Waals surface area contributed by atoms with E-state index in [4.69, 9.17) is 0 Å². The van der Waals surface area contributed by atoms with E-state index in [-0.39, 0.29) is 5.56 Å². The molecule has 0 aliphatic carbocycles. The van der Waals surface area contributed by atoms with Gasteiger partial charge in [-0.2, -0.15) is 0 Å². The molecule has 0 radical (unpaired) electrons. The van der Waals surface area contributed by atoms with E-state index in [1.54, 1.807) is 11.6 Å². The largest absolute Gasteiger partial charge is 0.315 e. The summed E-state index contributed by atoms with van der Waals surface area (Å²) in [5, 5.41) is 0. The minimum absolute atomic E-state index is 0.0567. The van der Waals surface area contributed by atoms with Gasteiger partial charge in [0.2, 0.25) is 0 Å². The third-order valence-electron chi connectivity index (χ3n) is 2.64. The first-order valence-corrected chi connectivity index (χ1v) is 4.92. The molecule has 0 unspecified atom stereocenters. The predicted octanol–water partition coefficient (Wildman–Crippen LogP) is 2.36. The van der Waals surface area contributed by atoms with E-state index in [0.717, 1.165) is 16.8 Å². The number of aryl methyl sites for hydroxylation is 1. The molecular formula is C13H13NO. The first-order chi connectivity index (χ1) is 7.20. The van der Waals surface area contributed by atoms with E-state index in [0.29, 0.717) is 0 Å². The summed E-state index contributed by atoms with van der Waals surface area (Å²) in [5.41, 5.74) is 2.75. The summed E-state index contributed by atoms with van der Waals surface area (Å²) in [5.74, 6) is 0. The lowest BCUT2D eigenvalue weighted by molar-refractivity contribution is 0.821. The van der Waals surface area contributed by atoms with Gasteiger partial charge in [0, 0.05) is 18.3 Å².